The van der Waals surface area contributed by atoms with E-state index in [0.29, 0.717) is 34.1 Å². The maximum Gasteiger partial charge on any atom is 0.433 e. The van der Waals surface area contributed by atoms with Crippen molar-refractivity contribution in [3.05, 3.63) is 46.9 Å². The van der Waals surface area contributed by atoms with Crippen molar-refractivity contribution in [1.82, 2.24) is 24.5 Å². The maximum atomic E-state index is 13.0. The fraction of sp³-hybridized carbons (Fsp3) is 0.300. The van der Waals surface area contributed by atoms with E-state index in [1.165, 1.54) is 17.8 Å². The summed E-state index contributed by atoms with van der Waals surface area (Å²) >= 11 is 7.66. The number of halogens is 4. The first-order chi connectivity index (χ1) is 14.8. The minimum Gasteiger partial charge on any atom is -0.382 e. The normalized spacial score (nSPS) is 12.2. The standard InChI is InChI=1S/C20H18ClF3N6S/c1-2-3-6-31-19-28-17(25)16-18(29-19)30(10-26-16)9-11-4-5-14-12(7-11)13(21)8-15(27-14)20(22,23)24/h4-5,7-8,10H,2-3,6,9H2,1H3,(H2,25,28,29). The van der Waals surface area contributed by atoms with E-state index in [1.807, 2.05) is 4.57 Å². The molecule has 0 atom stereocenters. The van der Waals surface area contributed by atoms with E-state index < -0.39 is 11.9 Å². The lowest BCUT2D eigenvalue weighted by atomic mass is 10.1. The van der Waals surface area contributed by atoms with Crippen molar-refractivity contribution in [1.29, 1.82) is 0 Å². The fourth-order valence-corrected chi connectivity index (χ4v) is 4.29. The second kappa shape index (κ2) is 8.51. The largest absolute Gasteiger partial charge is 0.433 e. The monoisotopic (exact) mass is 466 g/mol. The van der Waals surface area contributed by atoms with Crippen LogP contribution in [0.25, 0.3) is 22.1 Å². The molecular formula is C20H18ClF3N6S. The van der Waals surface area contributed by atoms with Crippen LogP contribution in [-0.4, -0.2) is 30.3 Å². The van der Waals surface area contributed by atoms with Crippen molar-refractivity contribution in [2.75, 3.05) is 11.5 Å². The topological polar surface area (TPSA) is 82.5 Å². The lowest BCUT2D eigenvalue weighted by molar-refractivity contribution is -0.140. The molecule has 0 aliphatic rings. The average Bonchev–Trinajstić information content (AvgIpc) is 3.11. The van der Waals surface area contributed by atoms with Crippen molar-refractivity contribution < 1.29 is 13.2 Å². The molecule has 2 N–H and O–H groups in total. The fourth-order valence-electron chi connectivity index (χ4n) is 3.11. The van der Waals surface area contributed by atoms with Gasteiger partial charge in [0.05, 0.1) is 23.4 Å². The molecule has 162 valence electrons. The number of unbranched alkanes of at least 4 members (excludes halogenated alkanes) is 1. The number of nitrogen functional groups attached to an aromatic ring is 1. The molecule has 0 bridgehead atoms. The van der Waals surface area contributed by atoms with Crippen LogP contribution in [0.2, 0.25) is 5.02 Å². The molecule has 0 aliphatic carbocycles. The molecule has 0 saturated carbocycles. The second-order valence-corrected chi connectivity index (χ2v) is 8.45. The van der Waals surface area contributed by atoms with Gasteiger partial charge in [-0.05, 0) is 30.2 Å². The van der Waals surface area contributed by atoms with Gasteiger partial charge in [0.15, 0.2) is 16.6 Å². The first-order valence-corrected chi connectivity index (χ1v) is 10.9. The number of alkyl halides is 3. The first-order valence-electron chi connectivity index (χ1n) is 9.53. The van der Waals surface area contributed by atoms with Gasteiger partial charge in [-0.15, -0.1) is 0 Å². The van der Waals surface area contributed by atoms with Crippen LogP contribution < -0.4 is 5.73 Å². The molecule has 4 aromatic rings. The molecule has 6 nitrogen and oxygen atoms in total. The molecule has 0 spiro atoms. The quantitative estimate of drug-likeness (QED) is 0.227. The molecule has 11 heteroatoms. The zero-order valence-electron chi connectivity index (χ0n) is 16.4. The zero-order valence-corrected chi connectivity index (χ0v) is 18.0. The zero-order chi connectivity index (χ0) is 22.2. The van der Waals surface area contributed by atoms with Crippen LogP contribution in [0.1, 0.15) is 31.0 Å². The predicted octanol–water partition coefficient (Wildman–Crippen LogP) is 5.57. The van der Waals surface area contributed by atoms with E-state index in [2.05, 4.69) is 26.9 Å². The van der Waals surface area contributed by atoms with E-state index in [1.54, 1.807) is 18.5 Å². The van der Waals surface area contributed by atoms with Gasteiger partial charge in [0.1, 0.15) is 11.2 Å². The number of nitrogens with zero attached hydrogens (tertiary/aromatic N) is 5. The van der Waals surface area contributed by atoms with E-state index in [4.69, 9.17) is 17.3 Å². The van der Waals surface area contributed by atoms with Crippen LogP contribution in [0, 0.1) is 0 Å². The third kappa shape index (κ3) is 4.54. The van der Waals surface area contributed by atoms with Gasteiger partial charge in [0.25, 0.3) is 0 Å². The van der Waals surface area contributed by atoms with Crippen LogP contribution in [0.3, 0.4) is 0 Å². The van der Waals surface area contributed by atoms with Crippen LogP contribution in [0.5, 0.6) is 0 Å². The van der Waals surface area contributed by atoms with Crippen molar-refractivity contribution in [2.24, 2.45) is 0 Å². The Morgan fingerprint density at radius 3 is 2.71 bits per heavy atom. The molecule has 0 radical (unpaired) electrons. The predicted molar refractivity (Wildman–Crippen MR) is 116 cm³/mol. The van der Waals surface area contributed by atoms with Crippen molar-refractivity contribution in [3.63, 3.8) is 0 Å². The number of anilines is 1. The first kappa shape index (κ1) is 21.6. The van der Waals surface area contributed by atoms with Gasteiger partial charge in [-0.25, -0.2) is 19.9 Å². The molecule has 31 heavy (non-hydrogen) atoms. The number of aromatic nitrogens is 5. The smallest absolute Gasteiger partial charge is 0.382 e. The highest BCUT2D eigenvalue weighted by Crippen LogP contribution is 2.33. The Bertz CT molecular complexity index is 1260. The van der Waals surface area contributed by atoms with Crippen LogP contribution in [0.4, 0.5) is 19.0 Å². The molecule has 0 saturated heterocycles. The summed E-state index contributed by atoms with van der Waals surface area (Å²) in [6.45, 7) is 2.50. The van der Waals surface area contributed by atoms with Crippen molar-refractivity contribution in [3.8, 4) is 0 Å². The molecule has 3 aromatic heterocycles. The summed E-state index contributed by atoms with van der Waals surface area (Å²) < 4.78 is 40.8. The number of nitrogens with two attached hydrogens (primary N) is 1. The van der Waals surface area contributed by atoms with E-state index in [9.17, 15) is 13.2 Å². The Morgan fingerprint density at radius 1 is 1.16 bits per heavy atom. The highest BCUT2D eigenvalue weighted by molar-refractivity contribution is 7.99. The number of rotatable bonds is 6. The van der Waals surface area contributed by atoms with Gasteiger partial charge in [-0.3, -0.25) is 0 Å². The minimum atomic E-state index is -4.56. The molecular weight excluding hydrogens is 449 g/mol. The lowest BCUT2D eigenvalue weighted by Crippen LogP contribution is -2.08. The molecule has 0 aliphatic heterocycles. The summed E-state index contributed by atoms with van der Waals surface area (Å²) in [6, 6.07) is 5.80. The number of benzene rings is 1. The lowest BCUT2D eigenvalue weighted by Gasteiger charge is -2.10. The maximum absolute atomic E-state index is 13.0. The number of imidazole rings is 1. The minimum absolute atomic E-state index is 0.00385. The van der Waals surface area contributed by atoms with Gasteiger partial charge in [-0.2, -0.15) is 13.2 Å². The highest BCUT2D eigenvalue weighted by Gasteiger charge is 2.33. The number of thioether (sulfide) groups is 1. The van der Waals surface area contributed by atoms with Gasteiger partial charge in [0, 0.05) is 11.1 Å². The third-order valence-corrected chi connectivity index (χ3v) is 5.91. The van der Waals surface area contributed by atoms with Gasteiger partial charge < -0.3 is 10.3 Å². The van der Waals surface area contributed by atoms with Crippen LogP contribution in [-0.2, 0) is 12.7 Å². The summed E-state index contributed by atoms with van der Waals surface area (Å²) in [4.78, 5) is 16.9. The van der Waals surface area contributed by atoms with Gasteiger partial charge >= 0.3 is 6.18 Å². The molecule has 0 amide bonds. The van der Waals surface area contributed by atoms with E-state index in [-0.39, 0.29) is 10.5 Å². The summed E-state index contributed by atoms with van der Waals surface area (Å²) in [7, 11) is 0. The van der Waals surface area contributed by atoms with Gasteiger partial charge in [-0.1, -0.05) is 42.8 Å². The summed E-state index contributed by atoms with van der Waals surface area (Å²) in [5.41, 5.74) is 7.14. The number of hydrogen-bond acceptors (Lipinski definition) is 6. The summed E-state index contributed by atoms with van der Waals surface area (Å²) in [5.74, 6) is 1.21. The van der Waals surface area contributed by atoms with Crippen molar-refractivity contribution in [2.45, 2.75) is 37.6 Å². The summed E-state index contributed by atoms with van der Waals surface area (Å²) in [6.07, 6.45) is -0.814. The van der Waals surface area contributed by atoms with E-state index >= 15 is 0 Å². The summed E-state index contributed by atoms with van der Waals surface area (Å²) in [5, 5.41) is 1.03. The third-order valence-electron chi connectivity index (χ3n) is 4.67. The number of hydrogen-bond donors (Lipinski definition) is 1. The average molecular weight is 467 g/mol. The Hall–Kier alpha value is -2.59. The number of pyridine rings is 1. The van der Waals surface area contributed by atoms with Gasteiger partial charge in [0.2, 0.25) is 0 Å². The molecule has 4 rings (SSSR count). The molecule has 0 unspecified atom stereocenters. The van der Waals surface area contributed by atoms with Crippen LogP contribution in [0.15, 0.2) is 35.7 Å². The Labute approximate surface area is 185 Å². The SMILES string of the molecule is CCCCSc1nc(N)c2ncn(Cc3ccc4nc(C(F)(F)F)cc(Cl)c4c3)c2n1. The highest BCUT2D eigenvalue weighted by atomic mass is 35.5. The number of fused-ring (bicyclic) bond motifs is 2. The molecule has 0 fully saturated rings. The Kier molecular flexibility index (Phi) is 5.94. The Morgan fingerprint density at radius 2 is 1.97 bits per heavy atom. The van der Waals surface area contributed by atoms with Crippen LogP contribution >= 0.6 is 23.4 Å². The Balaban J connectivity index is 1.67. The molecule has 1 aromatic carbocycles. The van der Waals surface area contributed by atoms with E-state index in [0.717, 1.165) is 30.2 Å². The second-order valence-electron chi connectivity index (χ2n) is 6.98. The molecule has 3 heterocycles. The van der Waals surface area contributed by atoms with Crippen molar-refractivity contribution >= 4 is 51.2 Å².